The molecule has 0 heterocycles. The maximum atomic E-state index is 12.4. The summed E-state index contributed by atoms with van der Waals surface area (Å²) in [5.41, 5.74) is 4.93. The lowest BCUT2D eigenvalue weighted by molar-refractivity contribution is 0.0955. The fourth-order valence-electron chi connectivity index (χ4n) is 3.09. The maximum absolute atomic E-state index is 12.4. The number of rotatable bonds is 6. The first-order valence-corrected chi connectivity index (χ1v) is 11.6. The molecule has 160 valence electrons. The minimum absolute atomic E-state index is 0.270. The van der Waals surface area contributed by atoms with Crippen LogP contribution in [-0.2, 0) is 6.61 Å². The number of carbonyl (C=O) groups is 1. The van der Waals surface area contributed by atoms with Crippen LogP contribution >= 0.6 is 43.5 Å². The molecule has 0 unspecified atom stereocenters. The molecule has 4 aromatic rings. The van der Waals surface area contributed by atoms with Crippen LogP contribution in [0.3, 0.4) is 0 Å². The van der Waals surface area contributed by atoms with Crippen molar-refractivity contribution in [1.82, 2.24) is 5.43 Å². The average molecular weight is 573 g/mol. The molecular formula is C25H17Br2ClN2O2. The number of hydrogen-bond acceptors (Lipinski definition) is 3. The SMILES string of the molecule is O=C(N/N=C\c1cc(Br)c(OCc2ccc(Cl)cc2)c(Br)c1)c1ccc2ccccc2c1. The van der Waals surface area contributed by atoms with Gasteiger partial charge in [0.1, 0.15) is 12.4 Å². The second-order valence-electron chi connectivity index (χ2n) is 6.99. The first kappa shape index (κ1) is 22.5. The van der Waals surface area contributed by atoms with Gasteiger partial charge >= 0.3 is 0 Å². The predicted molar refractivity (Wildman–Crippen MR) is 137 cm³/mol. The molecule has 0 bridgehead atoms. The summed E-state index contributed by atoms with van der Waals surface area (Å²) in [7, 11) is 0. The minimum Gasteiger partial charge on any atom is -0.487 e. The third-order valence-corrected chi connectivity index (χ3v) is 6.14. The van der Waals surface area contributed by atoms with Gasteiger partial charge in [-0.1, -0.05) is 54.1 Å². The summed E-state index contributed by atoms with van der Waals surface area (Å²) in [5, 5.41) is 6.87. The van der Waals surface area contributed by atoms with E-state index in [1.54, 1.807) is 12.3 Å². The molecule has 0 aliphatic carbocycles. The third kappa shape index (κ3) is 5.57. The van der Waals surface area contributed by atoms with E-state index in [1.165, 1.54) is 0 Å². The molecule has 0 saturated heterocycles. The van der Waals surface area contributed by atoms with E-state index in [0.29, 0.717) is 22.9 Å². The van der Waals surface area contributed by atoms with Crippen molar-refractivity contribution in [1.29, 1.82) is 0 Å². The van der Waals surface area contributed by atoms with Crippen molar-refractivity contribution in [3.8, 4) is 5.75 Å². The van der Waals surface area contributed by atoms with Gasteiger partial charge in [0.05, 0.1) is 15.2 Å². The molecule has 0 atom stereocenters. The van der Waals surface area contributed by atoms with Crippen LogP contribution in [0.15, 0.2) is 92.9 Å². The molecule has 0 radical (unpaired) electrons. The van der Waals surface area contributed by atoms with Crippen molar-refractivity contribution in [3.63, 3.8) is 0 Å². The molecule has 0 spiro atoms. The van der Waals surface area contributed by atoms with E-state index in [9.17, 15) is 4.79 Å². The van der Waals surface area contributed by atoms with Crippen LogP contribution in [0.1, 0.15) is 21.5 Å². The lowest BCUT2D eigenvalue weighted by atomic mass is 10.1. The third-order valence-electron chi connectivity index (χ3n) is 4.71. The van der Waals surface area contributed by atoms with Crippen molar-refractivity contribution in [2.24, 2.45) is 5.10 Å². The van der Waals surface area contributed by atoms with Crippen molar-refractivity contribution in [3.05, 3.63) is 110 Å². The Morgan fingerprint density at radius 2 is 1.62 bits per heavy atom. The number of hydrazone groups is 1. The maximum Gasteiger partial charge on any atom is 0.271 e. The zero-order valence-corrected chi connectivity index (χ0v) is 20.6. The number of nitrogens with zero attached hydrogens (tertiary/aromatic N) is 1. The van der Waals surface area contributed by atoms with Crippen LogP contribution in [0, 0.1) is 0 Å². The lowest BCUT2D eigenvalue weighted by Crippen LogP contribution is -2.17. The van der Waals surface area contributed by atoms with Crippen LogP contribution in [0.4, 0.5) is 0 Å². The minimum atomic E-state index is -0.270. The van der Waals surface area contributed by atoms with Gasteiger partial charge in [0.25, 0.3) is 5.91 Å². The number of nitrogens with one attached hydrogen (secondary N) is 1. The highest BCUT2D eigenvalue weighted by Gasteiger charge is 2.10. The monoisotopic (exact) mass is 570 g/mol. The summed E-state index contributed by atoms with van der Waals surface area (Å²) in [4.78, 5) is 12.4. The molecule has 32 heavy (non-hydrogen) atoms. The highest BCUT2D eigenvalue weighted by atomic mass is 79.9. The largest absolute Gasteiger partial charge is 0.487 e. The van der Waals surface area contributed by atoms with Gasteiger partial charge in [-0.05, 0) is 90.2 Å². The number of hydrogen-bond donors (Lipinski definition) is 1. The Morgan fingerprint density at radius 1 is 0.938 bits per heavy atom. The van der Waals surface area contributed by atoms with Crippen molar-refractivity contribution >= 4 is 66.4 Å². The summed E-state index contributed by atoms with van der Waals surface area (Å²) >= 11 is 13.0. The summed E-state index contributed by atoms with van der Waals surface area (Å²) in [5.74, 6) is 0.408. The van der Waals surface area contributed by atoms with E-state index in [2.05, 4.69) is 42.4 Å². The lowest BCUT2D eigenvalue weighted by Gasteiger charge is -2.11. The van der Waals surface area contributed by atoms with Crippen LogP contribution in [-0.4, -0.2) is 12.1 Å². The number of amides is 1. The van der Waals surface area contributed by atoms with Crippen LogP contribution < -0.4 is 10.2 Å². The number of fused-ring (bicyclic) bond motifs is 1. The fourth-order valence-corrected chi connectivity index (χ4v) is 4.67. The number of ether oxygens (including phenoxy) is 1. The first-order valence-electron chi connectivity index (χ1n) is 9.68. The molecular weight excluding hydrogens is 556 g/mol. The zero-order valence-electron chi connectivity index (χ0n) is 16.7. The molecule has 4 nitrogen and oxygen atoms in total. The van der Waals surface area contributed by atoms with Gasteiger partial charge < -0.3 is 4.74 Å². The normalized spacial score (nSPS) is 11.1. The van der Waals surface area contributed by atoms with E-state index >= 15 is 0 Å². The Kier molecular flexibility index (Phi) is 7.25. The Labute approximate surface area is 207 Å². The molecule has 0 aliphatic rings. The van der Waals surface area contributed by atoms with Gasteiger partial charge in [-0.2, -0.15) is 5.10 Å². The van der Waals surface area contributed by atoms with Crippen LogP contribution in [0.25, 0.3) is 10.8 Å². The van der Waals surface area contributed by atoms with E-state index < -0.39 is 0 Å². The molecule has 4 rings (SSSR count). The van der Waals surface area contributed by atoms with Gasteiger partial charge in [0.15, 0.2) is 0 Å². The molecule has 1 N–H and O–H groups in total. The summed E-state index contributed by atoms with van der Waals surface area (Å²) < 4.78 is 7.47. The van der Waals surface area contributed by atoms with Crippen LogP contribution in [0.5, 0.6) is 5.75 Å². The standard InChI is InChI=1S/C25H17Br2ClN2O2/c26-22-11-17(12-23(27)24(22)32-15-16-5-9-21(28)10-6-16)14-29-30-25(31)20-8-7-18-3-1-2-4-19(18)13-20/h1-14H,15H2,(H,30,31)/b29-14-. The predicted octanol–water partition coefficient (Wildman–Crippen LogP) is 7.36. The van der Waals surface area contributed by atoms with Crippen LogP contribution in [0.2, 0.25) is 5.02 Å². The number of carbonyl (C=O) groups excluding carboxylic acids is 1. The Morgan fingerprint density at radius 3 is 2.34 bits per heavy atom. The second-order valence-corrected chi connectivity index (χ2v) is 9.13. The highest BCUT2D eigenvalue weighted by molar-refractivity contribution is 9.11. The average Bonchev–Trinajstić information content (AvgIpc) is 2.79. The number of benzene rings is 4. The molecule has 7 heteroatoms. The second kappa shape index (κ2) is 10.3. The summed E-state index contributed by atoms with van der Waals surface area (Å²) in [6.07, 6.45) is 1.58. The molecule has 0 aliphatic heterocycles. The quantitative estimate of drug-likeness (QED) is 0.194. The first-order chi connectivity index (χ1) is 15.5. The van der Waals surface area contributed by atoms with Crippen molar-refractivity contribution in [2.75, 3.05) is 0 Å². The molecule has 1 amide bonds. The zero-order chi connectivity index (χ0) is 22.5. The fraction of sp³-hybridized carbons (Fsp3) is 0.0400. The molecule has 0 saturated carbocycles. The van der Waals surface area contributed by atoms with E-state index in [1.807, 2.05) is 72.8 Å². The Balaban J connectivity index is 1.41. The van der Waals surface area contributed by atoms with Gasteiger partial charge in [-0.25, -0.2) is 5.43 Å². The Hall–Kier alpha value is -2.67. The summed E-state index contributed by atoms with van der Waals surface area (Å²) in [6.45, 7) is 0.406. The highest BCUT2D eigenvalue weighted by Crippen LogP contribution is 2.35. The van der Waals surface area contributed by atoms with Crippen molar-refractivity contribution in [2.45, 2.75) is 6.61 Å². The van der Waals surface area contributed by atoms with Gasteiger partial charge in [-0.3, -0.25) is 4.79 Å². The molecule has 0 fully saturated rings. The van der Waals surface area contributed by atoms with E-state index in [-0.39, 0.29) is 5.91 Å². The van der Waals surface area contributed by atoms with E-state index in [4.69, 9.17) is 16.3 Å². The summed E-state index contributed by atoms with van der Waals surface area (Å²) in [6, 6.07) is 24.7. The molecule has 4 aromatic carbocycles. The van der Waals surface area contributed by atoms with Gasteiger partial charge in [0.2, 0.25) is 0 Å². The topological polar surface area (TPSA) is 50.7 Å². The molecule has 0 aromatic heterocycles. The van der Waals surface area contributed by atoms with Gasteiger partial charge in [-0.15, -0.1) is 0 Å². The Bertz CT molecular complexity index is 1280. The smallest absolute Gasteiger partial charge is 0.271 e. The van der Waals surface area contributed by atoms with E-state index in [0.717, 1.165) is 30.8 Å². The van der Waals surface area contributed by atoms with Crippen molar-refractivity contribution < 1.29 is 9.53 Å². The van der Waals surface area contributed by atoms with Gasteiger partial charge in [0, 0.05) is 10.6 Å². The number of halogens is 3.